The van der Waals surface area contributed by atoms with Gasteiger partial charge in [0.25, 0.3) is 5.56 Å². The number of halogens is 4. The first kappa shape index (κ1) is 10.9. The molecule has 0 aliphatic carbocycles. The van der Waals surface area contributed by atoms with E-state index in [0.717, 1.165) is 0 Å². The molecule has 0 spiro atoms. The molecule has 2 rings (SSSR count). The number of hydrogen-bond acceptors (Lipinski definition) is 3. The Balaban J connectivity index is 2.91. The van der Waals surface area contributed by atoms with Crippen LogP contribution in [0.2, 0.25) is 5.15 Å². The summed E-state index contributed by atoms with van der Waals surface area (Å²) in [5, 5.41) is 3.32. The Labute approximate surface area is 91.3 Å². The van der Waals surface area contributed by atoms with Crippen molar-refractivity contribution in [2.75, 3.05) is 0 Å². The topological polar surface area (TPSA) is 47.3 Å². The molecule has 0 saturated carbocycles. The van der Waals surface area contributed by atoms with Crippen LogP contribution < -0.4 is 5.56 Å². The molecule has 2 aromatic rings. The smallest absolute Gasteiger partial charge is 0.267 e. The molecule has 0 aliphatic heterocycles. The van der Waals surface area contributed by atoms with Crippen LogP contribution in [0, 0.1) is 0 Å². The van der Waals surface area contributed by atoms with E-state index in [1.807, 2.05) is 0 Å². The third-order valence-corrected chi connectivity index (χ3v) is 1.99. The summed E-state index contributed by atoms with van der Waals surface area (Å²) in [5.74, 6) is 0. The third kappa shape index (κ3) is 1.85. The molecule has 0 aromatic carbocycles. The van der Waals surface area contributed by atoms with E-state index in [-0.39, 0.29) is 10.8 Å². The van der Waals surface area contributed by atoms with Crippen molar-refractivity contribution in [2.24, 2.45) is 0 Å². The van der Waals surface area contributed by atoms with Crippen LogP contribution in [-0.4, -0.2) is 14.6 Å². The molecule has 16 heavy (non-hydrogen) atoms. The zero-order valence-electron chi connectivity index (χ0n) is 7.49. The van der Waals surface area contributed by atoms with Gasteiger partial charge in [0, 0.05) is 6.07 Å². The lowest BCUT2D eigenvalue weighted by Crippen LogP contribution is -2.20. The molecule has 0 atom stereocenters. The van der Waals surface area contributed by atoms with Gasteiger partial charge < -0.3 is 0 Å². The highest BCUT2D eigenvalue weighted by Gasteiger charge is 2.34. The van der Waals surface area contributed by atoms with Crippen molar-refractivity contribution < 1.29 is 13.2 Å². The summed E-state index contributed by atoms with van der Waals surface area (Å²) in [4.78, 5) is 14.3. The Hall–Kier alpha value is -1.63. The molecule has 8 heteroatoms. The molecular weight excluding hydrogens is 247 g/mol. The number of rotatable bonds is 0. The number of alkyl halides is 3. The molecule has 0 N–H and O–H groups in total. The fourth-order valence-electron chi connectivity index (χ4n) is 1.18. The largest absolute Gasteiger partial charge is 0.433 e. The van der Waals surface area contributed by atoms with Gasteiger partial charge >= 0.3 is 6.18 Å². The van der Waals surface area contributed by atoms with Gasteiger partial charge in [-0.25, -0.2) is 4.52 Å². The minimum atomic E-state index is -4.69. The van der Waals surface area contributed by atoms with Crippen molar-refractivity contribution in [2.45, 2.75) is 6.18 Å². The van der Waals surface area contributed by atoms with Gasteiger partial charge in [0.1, 0.15) is 5.15 Å². The van der Waals surface area contributed by atoms with Crippen molar-refractivity contribution in [1.29, 1.82) is 0 Å². The van der Waals surface area contributed by atoms with Crippen molar-refractivity contribution >= 4 is 17.2 Å². The Morgan fingerprint density at radius 3 is 2.62 bits per heavy atom. The van der Waals surface area contributed by atoms with Crippen molar-refractivity contribution in [3.8, 4) is 0 Å². The molecule has 0 unspecified atom stereocenters. The van der Waals surface area contributed by atoms with Crippen LogP contribution in [0.25, 0.3) is 5.65 Å². The molecule has 0 fully saturated rings. The second-order valence-corrected chi connectivity index (χ2v) is 3.29. The third-order valence-electron chi connectivity index (χ3n) is 1.79. The van der Waals surface area contributed by atoms with Gasteiger partial charge in [-0.3, -0.25) is 4.79 Å². The maximum absolute atomic E-state index is 12.6. The van der Waals surface area contributed by atoms with E-state index in [1.54, 1.807) is 0 Å². The number of aromatic nitrogens is 3. The quantitative estimate of drug-likeness (QED) is 0.715. The van der Waals surface area contributed by atoms with Crippen molar-refractivity contribution in [3.05, 3.63) is 39.4 Å². The molecule has 2 aromatic heterocycles. The standard InChI is InChI=1S/C8H3ClF3N3O/c9-5-1-2-6-13-7(16)3-4(8(10,11)12)15(6)14-5/h1-3H. The summed E-state index contributed by atoms with van der Waals surface area (Å²) in [6.07, 6.45) is -4.69. The summed E-state index contributed by atoms with van der Waals surface area (Å²) in [5.41, 5.74) is -2.38. The van der Waals surface area contributed by atoms with Crippen LogP contribution in [0.1, 0.15) is 5.69 Å². The van der Waals surface area contributed by atoms with E-state index in [9.17, 15) is 18.0 Å². The van der Waals surface area contributed by atoms with Gasteiger partial charge in [-0.1, -0.05) is 11.6 Å². The second kappa shape index (κ2) is 3.44. The average molecular weight is 250 g/mol. The Morgan fingerprint density at radius 2 is 2.00 bits per heavy atom. The Bertz CT molecular complexity index is 607. The Morgan fingerprint density at radius 1 is 1.31 bits per heavy atom. The Kier molecular flexibility index (Phi) is 2.34. The molecule has 0 bridgehead atoms. The molecule has 0 radical (unpaired) electrons. The van der Waals surface area contributed by atoms with Crippen molar-refractivity contribution in [3.63, 3.8) is 0 Å². The minimum absolute atomic E-state index is 0.122. The average Bonchev–Trinajstić information content (AvgIpc) is 2.16. The van der Waals surface area contributed by atoms with Crippen molar-refractivity contribution in [1.82, 2.24) is 14.6 Å². The highest BCUT2D eigenvalue weighted by molar-refractivity contribution is 6.29. The summed E-state index contributed by atoms with van der Waals surface area (Å²) >= 11 is 5.48. The predicted octanol–water partition coefficient (Wildman–Crippen LogP) is 1.76. The lowest BCUT2D eigenvalue weighted by molar-refractivity contribution is -0.142. The van der Waals surface area contributed by atoms with E-state index in [1.165, 1.54) is 12.1 Å². The number of nitrogens with zero attached hydrogens (tertiary/aromatic N) is 3. The molecule has 0 amide bonds. The van der Waals surface area contributed by atoms with Gasteiger partial charge in [0.05, 0.1) is 0 Å². The predicted molar refractivity (Wildman–Crippen MR) is 49.3 cm³/mol. The molecule has 2 heterocycles. The lowest BCUT2D eigenvalue weighted by Gasteiger charge is -2.09. The second-order valence-electron chi connectivity index (χ2n) is 2.90. The minimum Gasteiger partial charge on any atom is -0.267 e. The maximum Gasteiger partial charge on any atom is 0.433 e. The van der Waals surface area contributed by atoms with E-state index in [4.69, 9.17) is 11.6 Å². The number of hydrogen-bond donors (Lipinski definition) is 0. The fourth-order valence-corrected chi connectivity index (χ4v) is 1.32. The zero-order chi connectivity index (χ0) is 11.9. The van der Waals surface area contributed by atoms with Crippen LogP contribution in [0.15, 0.2) is 23.0 Å². The molecule has 4 nitrogen and oxygen atoms in total. The maximum atomic E-state index is 12.6. The summed E-state index contributed by atoms with van der Waals surface area (Å²) in [6.45, 7) is 0. The van der Waals surface area contributed by atoms with Gasteiger partial charge in [-0.05, 0) is 12.1 Å². The van der Waals surface area contributed by atoms with Gasteiger partial charge in [-0.2, -0.15) is 23.3 Å². The first-order valence-corrected chi connectivity index (χ1v) is 4.39. The lowest BCUT2D eigenvalue weighted by atomic mass is 10.4. The molecule has 84 valence electrons. The summed E-state index contributed by atoms with van der Waals surface area (Å²) < 4.78 is 38.2. The van der Waals surface area contributed by atoms with E-state index < -0.39 is 17.4 Å². The van der Waals surface area contributed by atoms with Crippen LogP contribution in [0.5, 0.6) is 0 Å². The molecular formula is C8H3ClF3N3O. The zero-order valence-corrected chi connectivity index (χ0v) is 8.25. The SMILES string of the molecule is O=c1cc(C(F)(F)F)n2nc(Cl)ccc2n1. The van der Waals surface area contributed by atoms with E-state index in [2.05, 4.69) is 10.1 Å². The van der Waals surface area contributed by atoms with E-state index >= 15 is 0 Å². The summed E-state index contributed by atoms with van der Waals surface area (Å²) in [7, 11) is 0. The number of fused-ring (bicyclic) bond motifs is 1. The summed E-state index contributed by atoms with van der Waals surface area (Å²) in [6, 6.07) is 2.81. The highest BCUT2D eigenvalue weighted by atomic mass is 35.5. The van der Waals surface area contributed by atoms with Crippen LogP contribution >= 0.6 is 11.6 Å². The van der Waals surface area contributed by atoms with Crippen LogP contribution in [0.3, 0.4) is 0 Å². The van der Waals surface area contributed by atoms with Gasteiger partial charge in [0.2, 0.25) is 0 Å². The van der Waals surface area contributed by atoms with Crippen LogP contribution in [-0.2, 0) is 6.18 Å². The molecule has 0 aliphatic rings. The molecule has 0 saturated heterocycles. The highest BCUT2D eigenvalue weighted by Crippen LogP contribution is 2.28. The van der Waals surface area contributed by atoms with Gasteiger partial charge in [0.15, 0.2) is 11.3 Å². The van der Waals surface area contributed by atoms with E-state index in [0.29, 0.717) is 10.6 Å². The normalized spacial score (nSPS) is 12.0. The monoisotopic (exact) mass is 249 g/mol. The fraction of sp³-hybridized carbons (Fsp3) is 0.125. The first-order valence-electron chi connectivity index (χ1n) is 4.02. The first-order chi connectivity index (χ1) is 7.38. The van der Waals surface area contributed by atoms with Gasteiger partial charge in [-0.15, -0.1) is 0 Å². The van der Waals surface area contributed by atoms with Crippen LogP contribution in [0.4, 0.5) is 13.2 Å².